The van der Waals surface area contributed by atoms with Crippen LogP contribution in [0.5, 0.6) is 5.75 Å². The Balaban J connectivity index is 1.56. The van der Waals surface area contributed by atoms with Gasteiger partial charge in [0.05, 0.1) is 5.69 Å². The molecule has 0 saturated carbocycles. The van der Waals surface area contributed by atoms with Gasteiger partial charge < -0.3 is 15.3 Å². The molecule has 6 nitrogen and oxygen atoms in total. The third-order valence-corrected chi connectivity index (χ3v) is 4.89. The van der Waals surface area contributed by atoms with Crippen LogP contribution in [0, 0.1) is 5.92 Å². The number of nitrogens with one attached hydrogen (secondary N) is 1. The second-order valence-electron chi connectivity index (χ2n) is 5.61. The largest absolute Gasteiger partial charge is 0.506 e. The molecule has 2 N–H and O–H groups in total. The number of hydrogen-bond acceptors (Lipinski definition) is 6. The average Bonchev–Trinajstić information content (AvgIpc) is 3.06. The molecule has 0 atom stereocenters. The first-order valence-electron chi connectivity index (χ1n) is 7.83. The van der Waals surface area contributed by atoms with Gasteiger partial charge in [0.1, 0.15) is 11.6 Å². The number of phenols is 1. The molecule has 0 unspecified atom stereocenters. The minimum atomic E-state index is -0.0376. The third-order valence-electron chi connectivity index (χ3n) is 4.07. The van der Waals surface area contributed by atoms with Crippen LogP contribution in [-0.4, -0.2) is 33.5 Å². The van der Waals surface area contributed by atoms with E-state index in [-0.39, 0.29) is 17.6 Å². The summed E-state index contributed by atoms with van der Waals surface area (Å²) < 4.78 is 4.31. The molecule has 0 radical (unpaired) electrons. The smallest absolute Gasteiger partial charge is 0.227 e. The monoisotopic (exact) mass is 332 g/mol. The van der Waals surface area contributed by atoms with Crippen molar-refractivity contribution in [3.63, 3.8) is 0 Å². The lowest BCUT2D eigenvalue weighted by Crippen LogP contribution is -2.38. The Kier molecular flexibility index (Phi) is 4.76. The molecule has 1 saturated heterocycles. The van der Waals surface area contributed by atoms with Crippen LogP contribution in [-0.2, 0) is 11.2 Å². The van der Waals surface area contributed by atoms with Gasteiger partial charge in [0.15, 0.2) is 0 Å². The number of amides is 1. The average molecular weight is 332 g/mol. The SMILES string of the molecule is CCc1nsc(N2CCC(C(=O)Nc3ccccc3O)CC2)n1. The zero-order valence-electron chi connectivity index (χ0n) is 13.0. The highest BCUT2D eigenvalue weighted by molar-refractivity contribution is 7.09. The first kappa shape index (κ1) is 15.7. The van der Waals surface area contributed by atoms with E-state index in [1.807, 2.05) is 6.92 Å². The van der Waals surface area contributed by atoms with E-state index < -0.39 is 0 Å². The molecule has 1 amide bonds. The molecule has 23 heavy (non-hydrogen) atoms. The van der Waals surface area contributed by atoms with Crippen molar-refractivity contribution in [1.82, 2.24) is 9.36 Å². The van der Waals surface area contributed by atoms with Crippen LogP contribution in [0.1, 0.15) is 25.6 Å². The number of para-hydroxylation sites is 2. The molecule has 3 rings (SSSR count). The lowest BCUT2D eigenvalue weighted by Gasteiger charge is -2.30. The maximum absolute atomic E-state index is 12.3. The minimum Gasteiger partial charge on any atom is -0.506 e. The quantitative estimate of drug-likeness (QED) is 0.842. The summed E-state index contributed by atoms with van der Waals surface area (Å²) in [5.41, 5.74) is 0.469. The number of aryl methyl sites for hydroxylation is 1. The molecule has 1 aliphatic rings. The number of nitrogens with zero attached hydrogens (tertiary/aromatic N) is 3. The van der Waals surface area contributed by atoms with Crippen molar-refractivity contribution in [2.45, 2.75) is 26.2 Å². The van der Waals surface area contributed by atoms with Gasteiger partial charge in [0.2, 0.25) is 11.0 Å². The Morgan fingerprint density at radius 2 is 2.13 bits per heavy atom. The Morgan fingerprint density at radius 1 is 1.39 bits per heavy atom. The first-order valence-corrected chi connectivity index (χ1v) is 8.61. The summed E-state index contributed by atoms with van der Waals surface area (Å²) >= 11 is 1.43. The number of carbonyl (C=O) groups excluding carboxylic acids is 1. The number of carbonyl (C=O) groups is 1. The fourth-order valence-corrected chi connectivity index (χ4v) is 3.47. The van der Waals surface area contributed by atoms with Crippen molar-refractivity contribution in [2.24, 2.45) is 5.92 Å². The van der Waals surface area contributed by atoms with Gasteiger partial charge in [-0.1, -0.05) is 19.1 Å². The second-order valence-corrected chi connectivity index (χ2v) is 6.34. The number of hydrogen-bond donors (Lipinski definition) is 2. The van der Waals surface area contributed by atoms with Crippen LogP contribution >= 0.6 is 11.5 Å². The Bertz CT molecular complexity index is 680. The molecule has 122 valence electrons. The molecule has 1 fully saturated rings. The lowest BCUT2D eigenvalue weighted by molar-refractivity contribution is -0.120. The summed E-state index contributed by atoms with van der Waals surface area (Å²) in [4.78, 5) is 19.0. The predicted octanol–water partition coefficient (Wildman–Crippen LogP) is 2.66. The van der Waals surface area contributed by atoms with Crippen molar-refractivity contribution in [2.75, 3.05) is 23.3 Å². The Hall–Kier alpha value is -2.15. The van der Waals surface area contributed by atoms with Crippen LogP contribution in [0.4, 0.5) is 10.8 Å². The number of rotatable bonds is 4. The van der Waals surface area contributed by atoms with E-state index in [4.69, 9.17) is 0 Å². The standard InChI is InChI=1S/C16H20N4O2S/c1-2-14-18-16(23-19-14)20-9-7-11(8-10-20)15(22)17-12-5-3-4-6-13(12)21/h3-6,11,21H,2,7-10H2,1H3,(H,17,22). The zero-order chi connectivity index (χ0) is 16.2. The zero-order valence-corrected chi connectivity index (χ0v) is 13.8. The lowest BCUT2D eigenvalue weighted by atomic mass is 9.96. The van der Waals surface area contributed by atoms with Gasteiger partial charge in [-0.05, 0) is 25.0 Å². The van der Waals surface area contributed by atoms with E-state index in [9.17, 15) is 9.90 Å². The summed E-state index contributed by atoms with van der Waals surface area (Å²) in [6.45, 7) is 3.65. The van der Waals surface area contributed by atoms with E-state index >= 15 is 0 Å². The Morgan fingerprint density at radius 3 is 2.78 bits per heavy atom. The van der Waals surface area contributed by atoms with E-state index in [1.165, 1.54) is 11.5 Å². The van der Waals surface area contributed by atoms with Crippen LogP contribution < -0.4 is 10.2 Å². The van der Waals surface area contributed by atoms with Gasteiger partial charge in [-0.2, -0.15) is 4.37 Å². The van der Waals surface area contributed by atoms with Crippen LogP contribution in [0.15, 0.2) is 24.3 Å². The van der Waals surface area contributed by atoms with Gasteiger partial charge in [-0.3, -0.25) is 4.79 Å². The minimum absolute atomic E-state index is 0.0299. The van der Waals surface area contributed by atoms with Gasteiger partial charge in [0.25, 0.3) is 0 Å². The maximum Gasteiger partial charge on any atom is 0.227 e. The molecule has 1 aromatic heterocycles. The first-order chi connectivity index (χ1) is 11.2. The van der Waals surface area contributed by atoms with Crippen molar-refractivity contribution in [3.8, 4) is 5.75 Å². The number of anilines is 2. The fourth-order valence-electron chi connectivity index (χ4n) is 2.66. The summed E-state index contributed by atoms with van der Waals surface area (Å²) in [6.07, 6.45) is 2.40. The van der Waals surface area contributed by atoms with Crippen molar-refractivity contribution >= 4 is 28.3 Å². The summed E-state index contributed by atoms with van der Waals surface area (Å²) in [7, 11) is 0. The normalized spacial score (nSPS) is 15.6. The molecule has 1 aromatic carbocycles. The topological polar surface area (TPSA) is 78.4 Å². The number of phenolic OH excluding ortho intramolecular Hbond substituents is 1. The fraction of sp³-hybridized carbons (Fsp3) is 0.438. The summed E-state index contributed by atoms with van der Waals surface area (Å²) in [6, 6.07) is 6.80. The van der Waals surface area contributed by atoms with Crippen LogP contribution in [0.25, 0.3) is 0 Å². The molecular weight excluding hydrogens is 312 g/mol. The molecular formula is C16H20N4O2S. The van der Waals surface area contributed by atoms with Crippen molar-refractivity contribution in [3.05, 3.63) is 30.1 Å². The number of piperidine rings is 1. The summed E-state index contributed by atoms with van der Waals surface area (Å²) in [5.74, 6) is 0.908. The highest BCUT2D eigenvalue weighted by Crippen LogP contribution is 2.27. The molecule has 1 aliphatic heterocycles. The molecule has 0 bridgehead atoms. The van der Waals surface area contributed by atoms with Crippen LogP contribution in [0.2, 0.25) is 0 Å². The third kappa shape index (κ3) is 3.61. The molecule has 2 aromatic rings. The summed E-state index contributed by atoms with van der Waals surface area (Å²) in [5, 5.41) is 13.5. The van der Waals surface area contributed by atoms with Gasteiger partial charge in [-0.15, -0.1) is 0 Å². The van der Waals surface area contributed by atoms with E-state index in [1.54, 1.807) is 24.3 Å². The van der Waals surface area contributed by atoms with Gasteiger partial charge >= 0.3 is 0 Å². The van der Waals surface area contributed by atoms with E-state index in [0.29, 0.717) is 5.69 Å². The molecule has 0 spiro atoms. The van der Waals surface area contributed by atoms with Crippen molar-refractivity contribution in [1.29, 1.82) is 0 Å². The molecule has 0 aliphatic carbocycles. The van der Waals surface area contributed by atoms with E-state index in [0.717, 1.165) is 43.3 Å². The Labute approximate surface area is 139 Å². The van der Waals surface area contributed by atoms with Gasteiger partial charge in [0, 0.05) is 37.0 Å². The van der Waals surface area contributed by atoms with Crippen LogP contribution in [0.3, 0.4) is 0 Å². The maximum atomic E-state index is 12.3. The van der Waals surface area contributed by atoms with E-state index in [2.05, 4.69) is 19.6 Å². The highest BCUT2D eigenvalue weighted by Gasteiger charge is 2.26. The highest BCUT2D eigenvalue weighted by atomic mass is 32.1. The molecule has 2 heterocycles. The second kappa shape index (κ2) is 6.95. The number of aromatic nitrogens is 2. The number of aromatic hydroxyl groups is 1. The number of benzene rings is 1. The van der Waals surface area contributed by atoms with Gasteiger partial charge in [-0.25, -0.2) is 4.98 Å². The predicted molar refractivity (Wildman–Crippen MR) is 91.0 cm³/mol. The molecule has 7 heteroatoms. The van der Waals surface area contributed by atoms with Crippen molar-refractivity contribution < 1.29 is 9.90 Å².